The molecule has 3 heterocycles. The lowest BCUT2D eigenvalue weighted by molar-refractivity contribution is -0.140. The van der Waals surface area contributed by atoms with Crippen LogP contribution in [0, 0.1) is 25.7 Å². The Morgan fingerprint density at radius 3 is 2.36 bits per heavy atom. The predicted molar refractivity (Wildman–Crippen MR) is 184 cm³/mol. The molecule has 0 spiro atoms. The Labute approximate surface area is 274 Å². The zero-order chi connectivity index (χ0) is 31.4. The molecule has 6 nitrogen and oxygen atoms in total. The molecule has 0 bridgehead atoms. The second-order valence-electron chi connectivity index (χ2n) is 12.8. The van der Waals surface area contributed by atoms with Crippen LogP contribution in [0.4, 0.5) is 0 Å². The Balaban J connectivity index is 1.41. The summed E-state index contributed by atoms with van der Waals surface area (Å²) in [5, 5.41) is 0. The maximum Gasteiger partial charge on any atom is 0.305 e. The van der Waals surface area contributed by atoms with Crippen molar-refractivity contribution in [1.82, 2.24) is 9.80 Å². The standard InChI is InChI=1S/C36H50N2O4S2/c1-7-25-22-37-13-11-26-16-23(2)24(3)17-29(26)31(37)18-28(25)19-32-30-21-34(41-5)33(40-4)20-27(30)12-14-38(32)36(43)44-15-9-8-10-35(39)42-6/h16-17,20-21,25,28,31-32H,7-15,18-19,22H2,1-6H3. The van der Waals surface area contributed by atoms with Crippen molar-refractivity contribution in [2.24, 2.45) is 11.8 Å². The lowest BCUT2D eigenvalue weighted by Gasteiger charge is -2.49. The highest BCUT2D eigenvalue weighted by Gasteiger charge is 2.41. The van der Waals surface area contributed by atoms with E-state index in [0.29, 0.717) is 24.3 Å². The first kappa shape index (κ1) is 33.1. The first-order valence-electron chi connectivity index (χ1n) is 16.4. The highest BCUT2D eigenvalue weighted by molar-refractivity contribution is 8.22. The molecule has 3 aliphatic rings. The summed E-state index contributed by atoms with van der Waals surface area (Å²) in [6, 6.07) is 10.0. The van der Waals surface area contributed by atoms with Gasteiger partial charge in [-0.15, -0.1) is 0 Å². The molecule has 8 heteroatoms. The normalized spacial score (nSPS) is 22.9. The van der Waals surface area contributed by atoms with Crippen LogP contribution in [-0.4, -0.2) is 66.8 Å². The van der Waals surface area contributed by atoms with Gasteiger partial charge in [0, 0.05) is 37.8 Å². The number of fused-ring (bicyclic) bond motifs is 4. The van der Waals surface area contributed by atoms with E-state index in [4.69, 9.17) is 26.4 Å². The topological polar surface area (TPSA) is 51.2 Å². The zero-order valence-corrected chi connectivity index (χ0v) is 29.1. The van der Waals surface area contributed by atoms with Crippen LogP contribution in [0.1, 0.15) is 90.9 Å². The van der Waals surface area contributed by atoms with Crippen molar-refractivity contribution in [1.29, 1.82) is 0 Å². The number of hydrogen-bond acceptors (Lipinski definition) is 7. The number of carbonyl (C=O) groups excluding carboxylic acids is 1. The molecule has 2 aromatic carbocycles. The maximum absolute atomic E-state index is 11.6. The van der Waals surface area contributed by atoms with Gasteiger partial charge in [0.05, 0.1) is 27.4 Å². The number of thiocarbonyl (C=S) groups is 1. The number of nitrogens with zero attached hydrogens (tertiary/aromatic N) is 2. The molecule has 240 valence electrons. The Bertz CT molecular complexity index is 1350. The minimum absolute atomic E-state index is 0.142. The summed E-state index contributed by atoms with van der Waals surface area (Å²) in [5.41, 5.74) is 8.59. The Morgan fingerprint density at radius 2 is 1.64 bits per heavy atom. The van der Waals surface area contributed by atoms with Gasteiger partial charge in [0.1, 0.15) is 4.32 Å². The highest BCUT2D eigenvalue weighted by Crippen LogP contribution is 2.48. The van der Waals surface area contributed by atoms with Gasteiger partial charge in [0.25, 0.3) is 0 Å². The summed E-state index contributed by atoms with van der Waals surface area (Å²) in [6.45, 7) is 10.1. The molecule has 4 atom stereocenters. The van der Waals surface area contributed by atoms with Crippen LogP contribution in [0.15, 0.2) is 24.3 Å². The number of piperidine rings is 1. The van der Waals surface area contributed by atoms with E-state index >= 15 is 0 Å². The molecule has 0 radical (unpaired) electrons. The molecule has 0 aliphatic carbocycles. The third kappa shape index (κ3) is 7.07. The molecule has 0 aromatic heterocycles. The molecule has 1 saturated heterocycles. The second-order valence-corrected chi connectivity index (χ2v) is 14.5. The average Bonchev–Trinajstić information content (AvgIpc) is 3.04. The molecule has 44 heavy (non-hydrogen) atoms. The number of hydrogen-bond donors (Lipinski definition) is 0. The minimum atomic E-state index is -0.142. The van der Waals surface area contributed by atoms with Crippen molar-refractivity contribution < 1.29 is 19.0 Å². The number of thioether (sulfide) groups is 1. The van der Waals surface area contributed by atoms with Gasteiger partial charge in [0.15, 0.2) is 11.5 Å². The number of esters is 1. The van der Waals surface area contributed by atoms with Crippen LogP contribution in [0.5, 0.6) is 11.5 Å². The van der Waals surface area contributed by atoms with Gasteiger partial charge >= 0.3 is 5.97 Å². The van der Waals surface area contributed by atoms with Crippen LogP contribution in [0.3, 0.4) is 0 Å². The molecule has 1 fully saturated rings. The summed E-state index contributed by atoms with van der Waals surface area (Å²) in [4.78, 5) is 16.8. The molecular formula is C36H50N2O4S2. The summed E-state index contributed by atoms with van der Waals surface area (Å²) in [7, 11) is 4.89. The van der Waals surface area contributed by atoms with Crippen molar-refractivity contribution >= 4 is 34.3 Å². The number of methoxy groups -OCH3 is 3. The molecular weight excluding hydrogens is 589 g/mol. The van der Waals surface area contributed by atoms with Gasteiger partial charge in [-0.25, -0.2) is 0 Å². The van der Waals surface area contributed by atoms with E-state index in [1.807, 2.05) is 0 Å². The van der Waals surface area contributed by atoms with Crippen molar-refractivity contribution in [2.45, 2.75) is 84.2 Å². The fourth-order valence-corrected chi connectivity index (χ4v) is 9.10. The lowest BCUT2D eigenvalue weighted by Crippen LogP contribution is -2.47. The Kier molecular flexibility index (Phi) is 11.2. The van der Waals surface area contributed by atoms with Gasteiger partial charge in [-0.1, -0.05) is 49.5 Å². The predicted octanol–water partition coefficient (Wildman–Crippen LogP) is 7.62. The Hall–Kier alpha value is -2.29. The third-order valence-electron chi connectivity index (χ3n) is 10.4. The third-order valence-corrected chi connectivity index (χ3v) is 12.0. The van der Waals surface area contributed by atoms with Gasteiger partial charge in [-0.05, 0) is 110 Å². The van der Waals surface area contributed by atoms with E-state index in [9.17, 15) is 4.79 Å². The zero-order valence-electron chi connectivity index (χ0n) is 27.4. The minimum Gasteiger partial charge on any atom is -0.493 e. The Morgan fingerprint density at radius 1 is 0.932 bits per heavy atom. The number of carbonyl (C=O) groups is 1. The monoisotopic (exact) mass is 638 g/mol. The van der Waals surface area contributed by atoms with Crippen molar-refractivity contribution in [2.75, 3.05) is 46.7 Å². The van der Waals surface area contributed by atoms with E-state index in [-0.39, 0.29) is 12.0 Å². The molecule has 3 aliphatic heterocycles. The van der Waals surface area contributed by atoms with Crippen LogP contribution < -0.4 is 9.47 Å². The molecule has 4 unspecified atom stereocenters. The molecule has 0 saturated carbocycles. The summed E-state index contributed by atoms with van der Waals surface area (Å²) >= 11 is 7.90. The largest absolute Gasteiger partial charge is 0.493 e. The first-order chi connectivity index (χ1) is 21.3. The van der Waals surface area contributed by atoms with Crippen molar-refractivity contribution in [3.63, 3.8) is 0 Å². The van der Waals surface area contributed by atoms with Gasteiger partial charge < -0.3 is 19.1 Å². The van der Waals surface area contributed by atoms with Crippen molar-refractivity contribution in [3.05, 3.63) is 57.6 Å². The van der Waals surface area contributed by atoms with Crippen LogP contribution in [0.25, 0.3) is 0 Å². The number of rotatable bonds is 10. The first-order valence-corrected chi connectivity index (χ1v) is 17.8. The van der Waals surface area contributed by atoms with E-state index in [1.54, 1.807) is 37.1 Å². The van der Waals surface area contributed by atoms with Crippen LogP contribution >= 0.6 is 24.0 Å². The maximum atomic E-state index is 11.6. The van der Waals surface area contributed by atoms with E-state index < -0.39 is 0 Å². The average molecular weight is 639 g/mol. The number of aryl methyl sites for hydroxylation is 2. The summed E-state index contributed by atoms with van der Waals surface area (Å²) in [5.74, 6) is 3.60. The fourth-order valence-electron chi connectivity index (χ4n) is 7.72. The smallest absolute Gasteiger partial charge is 0.305 e. The number of ether oxygens (including phenoxy) is 3. The number of unbranched alkanes of at least 4 members (excludes halogenated alkanes) is 1. The quantitative estimate of drug-likeness (QED) is 0.150. The van der Waals surface area contributed by atoms with Crippen LogP contribution in [0.2, 0.25) is 0 Å². The summed E-state index contributed by atoms with van der Waals surface area (Å²) in [6.07, 6.45) is 7.78. The molecule has 0 amide bonds. The van der Waals surface area contributed by atoms with Gasteiger partial charge in [-0.2, -0.15) is 0 Å². The van der Waals surface area contributed by atoms with Crippen LogP contribution in [-0.2, 0) is 22.4 Å². The fraction of sp³-hybridized carbons (Fsp3) is 0.611. The molecule has 0 N–H and O–H groups in total. The molecule has 2 aromatic rings. The van der Waals surface area contributed by atoms with Gasteiger partial charge in [-0.3, -0.25) is 9.69 Å². The van der Waals surface area contributed by atoms with E-state index in [1.165, 1.54) is 48.8 Å². The highest BCUT2D eigenvalue weighted by atomic mass is 32.2. The SMILES string of the molecule is CCC1CN2CCc3cc(C)c(C)cc3C2CC1CC1c2cc(OC)c(OC)cc2CCN1C(=S)SCCCCC(=O)OC. The second kappa shape index (κ2) is 14.9. The van der Waals surface area contributed by atoms with E-state index in [2.05, 4.69) is 54.8 Å². The van der Waals surface area contributed by atoms with E-state index in [0.717, 1.165) is 66.8 Å². The lowest BCUT2D eigenvalue weighted by atomic mass is 9.72. The summed E-state index contributed by atoms with van der Waals surface area (Å²) < 4.78 is 17.3. The number of benzene rings is 2. The van der Waals surface area contributed by atoms with Crippen molar-refractivity contribution in [3.8, 4) is 11.5 Å². The molecule has 5 rings (SSSR count). The van der Waals surface area contributed by atoms with Gasteiger partial charge in [0.2, 0.25) is 0 Å².